The van der Waals surface area contributed by atoms with Crippen LogP contribution < -0.4 is 5.73 Å². The molecule has 0 amide bonds. The van der Waals surface area contributed by atoms with E-state index in [4.69, 9.17) is 10.5 Å². The normalized spacial score (nSPS) is 40.4. The molecule has 1 aliphatic heterocycles. The summed E-state index contributed by atoms with van der Waals surface area (Å²) in [4.78, 5) is 0. The summed E-state index contributed by atoms with van der Waals surface area (Å²) in [6.45, 7) is 3.89. The molecular formula is C10H21NO4. The first-order chi connectivity index (χ1) is 7.02. The summed E-state index contributed by atoms with van der Waals surface area (Å²) in [5.74, 6) is 0. The fourth-order valence-electron chi connectivity index (χ4n) is 2.18. The molecule has 0 aromatic rings. The van der Waals surface area contributed by atoms with Crippen LogP contribution in [0.5, 0.6) is 0 Å². The van der Waals surface area contributed by atoms with Crippen LogP contribution in [-0.4, -0.2) is 51.9 Å². The van der Waals surface area contributed by atoms with Crippen molar-refractivity contribution in [2.24, 2.45) is 5.73 Å². The van der Waals surface area contributed by atoms with Gasteiger partial charge in [0.05, 0.1) is 11.7 Å². The standard InChI is InChI=1S/C10H21NO4/c1-3-10(4-2)9(14)8(13)7(12)6(5-11)15-10/h6-9,12-14H,3-5,11H2,1-2H3. The third-order valence-electron chi connectivity index (χ3n) is 3.41. The van der Waals surface area contributed by atoms with Crippen LogP contribution in [-0.2, 0) is 4.74 Å². The van der Waals surface area contributed by atoms with Gasteiger partial charge in [0.15, 0.2) is 0 Å². The molecule has 90 valence electrons. The molecule has 0 saturated carbocycles. The largest absolute Gasteiger partial charge is 0.388 e. The maximum atomic E-state index is 9.90. The van der Waals surface area contributed by atoms with Gasteiger partial charge in [-0.2, -0.15) is 0 Å². The molecule has 0 spiro atoms. The van der Waals surface area contributed by atoms with Gasteiger partial charge >= 0.3 is 0 Å². The van der Waals surface area contributed by atoms with Crippen LogP contribution in [0.25, 0.3) is 0 Å². The van der Waals surface area contributed by atoms with E-state index in [0.717, 1.165) is 0 Å². The number of nitrogens with two attached hydrogens (primary N) is 1. The Balaban J connectivity index is 2.91. The minimum atomic E-state index is -1.19. The van der Waals surface area contributed by atoms with E-state index in [9.17, 15) is 15.3 Å². The van der Waals surface area contributed by atoms with Gasteiger partial charge in [0.1, 0.15) is 18.3 Å². The highest BCUT2D eigenvalue weighted by molar-refractivity contribution is 5.00. The maximum Gasteiger partial charge on any atom is 0.111 e. The second-order valence-electron chi connectivity index (χ2n) is 4.09. The van der Waals surface area contributed by atoms with Crippen molar-refractivity contribution in [1.82, 2.24) is 0 Å². The first-order valence-electron chi connectivity index (χ1n) is 5.44. The summed E-state index contributed by atoms with van der Waals surface area (Å²) in [6.07, 6.45) is -2.83. The van der Waals surface area contributed by atoms with Gasteiger partial charge < -0.3 is 25.8 Å². The quantitative estimate of drug-likeness (QED) is 0.487. The lowest BCUT2D eigenvalue weighted by atomic mass is 9.81. The Hall–Kier alpha value is -0.200. The Labute approximate surface area is 89.9 Å². The van der Waals surface area contributed by atoms with Crippen LogP contribution in [0, 0.1) is 0 Å². The van der Waals surface area contributed by atoms with Crippen LogP contribution in [0.3, 0.4) is 0 Å². The number of ether oxygens (including phenoxy) is 1. The van der Waals surface area contributed by atoms with Crippen molar-refractivity contribution in [3.63, 3.8) is 0 Å². The van der Waals surface area contributed by atoms with Gasteiger partial charge in [0.2, 0.25) is 0 Å². The zero-order chi connectivity index (χ0) is 11.6. The van der Waals surface area contributed by atoms with Crippen LogP contribution in [0.15, 0.2) is 0 Å². The summed E-state index contributed by atoms with van der Waals surface area (Å²) in [6, 6.07) is 0. The van der Waals surface area contributed by atoms with Crippen LogP contribution in [0.1, 0.15) is 26.7 Å². The summed E-state index contributed by atoms with van der Waals surface area (Å²) in [7, 11) is 0. The molecule has 5 nitrogen and oxygen atoms in total. The van der Waals surface area contributed by atoms with Gasteiger partial charge in [0, 0.05) is 6.54 Å². The number of aliphatic hydroxyl groups is 3. The van der Waals surface area contributed by atoms with Crippen LogP contribution in [0.2, 0.25) is 0 Å². The van der Waals surface area contributed by atoms with E-state index in [1.807, 2.05) is 13.8 Å². The van der Waals surface area contributed by atoms with Crippen molar-refractivity contribution >= 4 is 0 Å². The van der Waals surface area contributed by atoms with Gasteiger partial charge in [-0.3, -0.25) is 0 Å². The first-order valence-corrected chi connectivity index (χ1v) is 5.44. The predicted molar refractivity (Wildman–Crippen MR) is 55.3 cm³/mol. The van der Waals surface area contributed by atoms with E-state index in [-0.39, 0.29) is 6.54 Å². The van der Waals surface area contributed by atoms with Crippen LogP contribution >= 0.6 is 0 Å². The van der Waals surface area contributed by atoms with E-state index in [2.05, 4.69) is 0 Å². The van der Waals surface area contributed by atoms with Gasteiger partial charge in [-0.15, -0.1) is 0 Å². The van der Waals surface area contributed by atoms with Crippen LogP contribution in [0.4, 0.5) is 0 Å². The lowest BCUT2D eigenvalue weighted by molar-refractivity contribution is -0.267. The van der Waals surface area contributed by atoms with Crippen molar-refractivity contribution in [2.45, 2.75) is 56.7 Å². The summed E-state index contributed by atoms with van der Waals surface area (Å²) in [5.41, 5.74) is 4.67. The van der Waals surface area contributed by atoms with Crippen molar-refractivity contribution in [3.05, 3.63) is 0 Å². The minimum Gasteiger partial charge on any atom is -0.388 e. The predicted octanol–water partition coefficient (Wildman–Crippen LogP) is -1.01. The Morgan fingerprint density at radius 1 is 1.13 bits per heavy atom. The molecule has 0 aromatic carbocycles. The number of rotatable bonds is 3. The molecule has 1 rings (SSSR count). The van der Waals surface area contributed by atoms with E-state index >= 15 is 0 Å². The molecular weight excluding hydrogens is 198 g/mol. The van der Waals surface area contributed by atoms with Gasteiger partial charge in [0.25, 0.3) is 0 Å². The molecule has 0 radical (unpaired) electrons. The van der Waals surface area contributed by atoms with E-state index in [1.165, 1.54) is 0 Å². The molecule has 4 unspecified atom stereocenters. The maximum absolute atomic E-state index is 9.90. The smallest absolute Gasteiger partial charge is 0.111 e. The zero-order valence-corrected chi connectivity index (χ0v) is 9.26. The lowest BCUT2D eigenvalue weighted by Gasteiger charge is -2.48. The molecule has 0 aliphatic carbocycles. The van der Waals surface area contributed by atoms with Crippen molar-refractivity contribution in [3.8, 4) is 0 Å². The average molecular weight is 219 g/mol. The molecule has 4 atom stereocenters. The van der Waals surface area contributed by atoms with E-state index in [1.54, 1.807) is 0 Å². The third kappa shape index (κ3) is 2.03. The fourth-order valence-corrected chi connectivity index (χ4v) is 2.18. The highest BCUT2D eigenvalue weighted by Crippen LogP contribution is 2.34. The molecule has 0 aromatic heterocycles. The molecule has 5 heteroatoms. The molecule has 0 bridgehead atoms. The van der Waals surface area contributed by atoms with Crippen molar-refractivity contribution in [2.75, 3.05) is 6.54 Å². The second-order valence-corrected chi connectivity index (χ2v) is 4.09. The van der Waals surface area contributed by atoms with E-state index in [0.29, 0.717) is 12.8 Å². The number of hydrogen-bond donors (Lipinski definition) is 4. The highest BCUT2D eigenvalue weighted by atomic mass is 16.5. The molecule has 5 N–H and O–H groups in total. The Kier molecular flexibility index (Phi) is 4.08. The van der Waals surface area contributed by atoms with Crippen molar-refractivity contribution in [1.29, 1.82) is 0 Å². The third-order valence-corrected chi connectivity index (χ3v) is 3.41. The number of aliphatic hydroxyl groups excluding tert-OH is 3. The van der Waals surface area contributed by atoms with Gasteiger partial charge in [-0.25, -0.2) is 0 Å². The fraction of sp³-hybridized carbons (Fsp3) is 1.00. The minimum absolute atomic E-state index is 0.132. The van der Waals surface area contributed by atoms with Crippen molar-refractivity contribution < 1.29 is 20.1 Å². The Morgan fingerprint density at radius 2 is 1.67 bits per heavy atom. The SMILES string of the molecule is CCC1(CC)OC(CN)C(O)C(O)C1O. The van der Waals surface area contributed by atoms with E-state index < -0.39 is 30.0 Å². The van der Waals surface area contributed by atoms with Gasteiger partial charge in [-0.05, 0) is 12.8 Å². The Morgan fingerprint density at radius 3 is 2.07 bits per heavy atom. The lowest BCUT2D eigenvalue weighted by Crippen LogP contribution is -2.65. The zero-order valence-electron chi connectivity index (χ0n) is 9.26. The monoisotopic (exact) mass is 219 g/mol. The summed E-state index contributed by atoms with van der Waals surface area (Å²) in [5, 5.41) is 29.2. The second kappa shape index (κ2) is 4.76. The topological polar surface area (TPSA) is 95.9 Å². The number of hydrogen-bond acceptors (Lipinski definition) is 5. The molecule has 1 heterocycles. The summed E-state index contributed by atoms with van der Waals surface area (Å²) < 4.78 is 5.63. The molecule has 15 heavy (non-hydrogen) atoms. The summed E-state index contributed by atoms with van der Waals surface area (Å²) >= 11 is 0. The molecule has 1 fully saturated rings. The molecule has 1 aliphatic rings. The highest BCUT2D eigenvalue weighted by Gasteiger charge is 2.50. The molecule has 1 saturated heterocycles. The Bertz CT molecular complexity index is 206. The average Bonchev–Trinajstić information content (AvgIpc) is 2.27. The van der Waals surface area contributed by atoms with Gasteiger partial charge in [-0.1, -0.05) is 13.8 Å². The first kappa shape index (κ1) is 12.9.